The predicted octanol–water partition coefficient (Wildman–Crippen LogP) is 0.676. The first-order valence-electron chi connectivity index (χ1n) is 5.85. The summed E-state index contributed by atoms with van der Waals surface area (Å²) in [5.74, 6) is 1.55. The van der Waals surface area contributed by atoms with Gasteiger partial charge in [-0.3, -0.25) is 4.79 Å². The van der Waals surface area contributed by atoms with Crippen molar-refractivity contribution in [1.29, 1.82) is 0 Å². The Bertz CT molecular complexity index is 421. The first-order chi connectivity index (χ1) is 9.03. The van der Waals surface area contributed by atoms with Gasteiger partial charge in [0.2, 0.25) is 5.91 Å². The number of nitrogens with two attached hydrogens (primary N) is 1. The molecule has 1 rings (SSSR count). The molecule has 106 valence electrons. The third-order valence-corrected chi connectivity index (χ3v) is 2.67. The van der Waals surface area contributed by atoms with Crippen LogP contribution in [-0.4, -0.2) is 33.3 Å². The zero-order chi connectivity index (χ0) is 14.4. The molecule has 0 spiro atoms. The van der Waals surface area contributed by atoms with Gasteiger partial charge in [0.05, 0.1) is 39.5 Å². The Balaban J connectivity index is 3.00. The van der Waals surface area contributed by atoms with Crippen LogP contribution in [0, 0.1) is 0 Å². The van der Waals surface area contributed by atoms with E-state index in [9.17, 15) is 4.79 Å². The van der Waals surface area contributed by atoms with Gasteiger partial charge in [-0.25, -0.2) is 0 Å². The summed E-state index contributed by atoms with van der Waals surface area (Å²) in [7, 11) is 4.65. The molecule has 0 saturated heterocycles. The van der Waals surface area contributed by atoms with Crippen LogP contribution in [0.15, 0.2) is 12.1 Å². The first kappa shape index (κ1) is 15.1. The van der Waals surface area contributed by atoms with Crippen LogP contribution in [0.3, 0.4) is 0 Å². The highest BCUT2D eigenvalue weighted by molar-refractivity contribution is 5.81. The molecule has 6 heteroatoms. The number of hydrogen-bond donors (Lipinski definition) is 2. The molecule has 0 unspecified atom stereocenters. The smallest absolute Gasteiger partial charge is 0.236 e. The predicted molar refractivity (Wildman–Crippen MR) is 71.6 cm³/mol. The second-order valence-electron chi connectivity index (χ2n) is 4.02. The molecule has 0 heterocycles. The molecule has 6 nitrogen and oxygen atoms in total. The minimum Gasteiger partial charge on any atom is -0.496 e. The normalized spacial score (nSPS) is 11.6. The Morgan fingerprint density at radius 1 is 1.21 bits per heavy atom. The third kappa shape index (κ3) is 3.75. The second-order valence-corrected chi connectivity index (χ2v) is 4.02. The fraction of sp³-hybridized carbons (Fsp3) is 0.462. The Kier molecular flexibility index (Phi) is 5.44. The number of ether oxygens (including phenoxy) is 3. The van der Waals surface area contributed by atoms with Gasteiger partial charge in [0, 0.05) is 12.1 Å². The van der Waals surface area contributed by atoms with E-state index in [2.05, 4.69) is 5.32 Å². The Hall–Kier alpha value is -1.95. The number of carbonyl (C=O) groups is 1. The fourth-order valence-corrected chi connectivity index (χ4v) is 1.59. The van der Waals surface area contributed by atoms with Crippen LogP contribution >= 0.6 is 0 Å². The molecule has 0 saturated carbocycles. The summed E-state index contributed by atoms with van der Waals surface area (Å²) in [6.07, 6.45) is 0. The van der Waals surface area contributed by atoms with E-state index >= 15 is 0 Å². The van der Waals surface area contributed by atoms with Crippen LogP contribution in [0.2, 0.25) is 0 Å². The standard InChI is InChI=1S/C13H20N2O4/c1-8(14)13(16)15-7-10-11(18-3)5-9(17-2)6-12(10)19-4/h5-6,8H,7,14H2,1-4H3,(H,15,16)/t8-/m1/s1. The average molecular weight is 268 g/mol. The molecular weight excluding hydrogens is 248 g/mol. The summed E-state index contributed by atoms with van der Waals surface area (Å²) in [5, 5.41) is 2.72. The number of nitrogens with one attached hydrogen (secondary N) is 1. The Morgan fingerprint density at radius 3 is 2.11 bits per heavy atom. The van der Waals surface area contributed by atoms with E-state index in [4.69, 9.17) is 19.9 Å². The van der Waals surface area contributed by atoms with Crippen molar-refractivity contribution in [1.82, 2.24) is 5.32 Å². The Morgan fingerprint density at radius 2 is 1.74 bits per heavy atom. The fourth-order valence-electron chi connectivity index (χ4n) is 1.59. The van der Waals surface area contributed by atoms with Crippen molar-refractivity contribution in [3.63, 3.8) is 0 Å². The van der Waals surface area contributed by atoms with E-state index in [0.29, 0.717) is 17.2 Å². The van der Waals surface area contributed by atoms with E-state index in [1.165, 1.54) is 0 Å². The highest BCUT2D eigenvalue weighted by Crippen LogP contribution is 2.33. The molecule has 0 aromatic heterocycles. The van der Waals surface area contributed by atoms with Gasteiger partial charge in [-0.15, -0.1) is 0 Å². The van der Waals surface area contributed by atoms with Gasteiger partial charge >= 0.3 is 0 Å². The summed E-state index contributed by atoms with van der Waals surface area (Å²) in [5.41, 5.74) is 6.23. The maximum absolute atomic E-state index is 11.5. The lowest BCUT2D eigenvalue weighted by Gasteiger charge is -2.16. The van der Waals surface area contributed by atoms with Crippen molar-refractivity contribution in [3.8, 4) is 17.2 Å². The van der Waals surface area contributed by atoms with Crippen molar-refractivity contribution in [2.45, 2.75) is 19.5 Å². The van der Waals surface area contributed by atoms with Crippen molar-refractivity contribution in [2.24, 2.45) is 5.73 Å². The number of rotatable bonds is 6. The molecule has 1 atom stereocenters. The van der Waals surface area contributed by atoms with E-state index in [-0.39, 0.29) is 12.5 Å². The van der Waals surface area contributed by atoms with Crippen molar-refractivity contribution in [2.75, 3.05) is 21.3 Å². The van der Waals surface area contributed by atoms with E-state index in [1.807, 2.05) is 0 Å². The van der Waals surface area contributed by atoms with Crippen molar-refractivity contribution >= 4 is 5.91 Å². The van der Waals surface area contributed by atoms with Crippen LogP contribution in [-0.2, 0) is 11.3 Å². The van der Waals surface area contributed by atoms with Crippen LogP contribution < -0.4 is 25.3 Å². The lowest BCUT2D eigenvalue weighted by molar-refractivity contribution is -0.122. The molecule has 3 N–H and O–H groups in total. The van der Waals surface area contributed by atoms with Crippen LogP contribution in [0.25, 0.3) is 0 Å². The van der Waals surface area contributed by atoms with Gasteiger partial charge in [-0.1, -0.05) is 0 Å². The molecule has 0 aliphatic carbocycles. The van der Waals surface area contributed by atoms with Crippen molar-refractivity contribution in [3.05, 3.63) is 17.7 Å². The molecule has 1 amide bonds. The SMILES string of the molecule is COc1cc(OC)c(CNC(=O)[C@@H](C)N)c(OC)c1. The minimum atomic E-state index is -0.560. The number of benzene rings is 1. The van der Waals surface area contributed by atoms with E-state index < -0.39 is 6.04 Å². The zero-order valence-corrected chi connectivity index (χ0v) is 11.6. The van der Waals surface area contributed by atoms with Crippen molar-refractivity contribution < 1.29 is 19.0 Å². The number of carbonyl (C=O) groups excluding carboxylic acids is 1. The molecule has 1 aromatic rings. The van der Waals surface area contributed by atoms with E-state index in [1.54, 1.807) is 40.4 Å². The number of methoxy groups -OCH3 is 3. The molecular formula is C13H20N2O4. The lowest BCUT2D eigenvalue weighted by atomic mass is 10.1. The first-order valence-corrected chi connectivity index (χ1v) is 5.85. The topological polar surface area (TPSA) is 82.8 Å². The molecule has 0 bridgehead atoms. The van der Waals surface area contributed by atoms with E-state index in [0.717, 1.165) is 5.56 Å². The van der Waals surface area contributed by atoms with Crippen LogP contribution in [0.4, 0.5) is 0 Å². The largest absolute Gasteiger partial charge is 0.496 e. The summed E-state index contributed by atoms with van der Waals surface area (Å²) in [6, 6.07) is 2.90. The van der Waals surface area contributed by atoms with Gasteiger partial charge in [-0.05, 0) is 6.92 Å². The number of amides is 1. The van der Waals surface area contributed by atoms with Gasteiger partial charge < -0.3 is 25.3 Å². The summed E-state index contributed by atoms with van der Waals surface area (Å²) in [6.45, 7) is 1.90. The van der Waals surface area contributed by atoms with Gasteiger partial charge in [0.25, 0.3) is 0 Å². The lowest BCUT2D eigenvalue weighted by Crippen LogP contribution is -2.37. The second kappa shape index (κ2) is 6.84. The molecule has 0 aliphatic heterocycles. The van der Waals surface area contributed by atoms with Gasteiger partial charge in [0.15, 0.2) is 0 Å². The zero-order valence-electron chi connectivity index (χ0n) is 11.6. The number of hydrogen-bond acceptors (Lipinski definition) is 5. The summed E-state index contributed by atoms with van der Waals surface area (Å²) < 4.78 is 15.7. The molecule has 0 aliphatic rings. The maximum atomic E-state index is 11.5. The van der Waals surface area contributed by atoms with Crippen LogP contribution in [0.1, 0.15) is 12.5 Å². The third-order valence-electron chi connectivity index (χ3n) is 2.67. The average Bonchev–Trinajstić information content (AvgIpc) is 2.43. The van der Waals surface area contributed by atoms with Crippen LogP contribution in [0.5, 0.6) is 17.2 Å². The monoisotopic (exact) mass is 268 g/mol. The molecule has 0 radical (unpaired) electrons. The molecule has 1 aromatic carbocycles. The highest BCUT2D eigenvalue weighted by Gasteiger charge is 2.15. The summed E-state index contributed by atoms with van der Waals surface area (Å²) >= 11 is 0. The van der Waals surface area contributed by atoms with Gasteiger partial charge in [0.1, 0.15) is 17.2 Å². The Labute approximate surface area is 112 Å². The maximum Gasteiger partial charge on any atom is 0.236 e. The molecule has 0 fully saturated rings. The summed E-state index contributed by atoms with van der Waals surface area (Å²) in [4.78, 5) is 11.5. The highest BCUT2D eigenvalue weighted by atomic mass is 16.5. The quantitative estimate of drug-likeness (QED) is 0.792. The van der Waals surface area contributed by atoms with Gasteiger partial charge in [-0.2, -0.15) is 0 Å². The molecule has 19 heavy (non-hydrogen) atoms. The minimum absolute atomic E-state index is 0.236.